The molecule has 2 aromatic carbocycles. The first-order chi connectivity index (χ1) is 15.0. The number of carbonyl (C=O) groups excluding carboxylic acids is 1. The summed E-state index contributed by atoms with van der Waals surface area (Å²) in [6, 6.07) is 15.4. The molecule has 2 fully saturated rings. The molecule has 6 nitrogen and oxygen atoms in total. The van der Waals surface area contributed by atoms with Crippen molar-refractivity contribution in [2.75, 3.05) is 32.6 Å². The number of hydrogen-bond donors (Lipinski definition) is 3. The maximum atomic E-state index is 12.9. The fourth-order valence-corrected chi connectivity index (χ4v) is 5.50. The molecule has 4 rings (SSSR count). The molecule has 1 amide bonds. The molecule has 0 aromatic heterocycles. The quantitative estimate of drug-likeness (QED) is 0.665. The first kappa shape index (κ1) is 21.7. The second-order valence-corrected chi connectivity index (χ2v) is 8.79. The third-order valence-corrected chi connectivity index (χ3v) is 7.02. The maximum Gasteiger partial charge on any atom is 0.279 e. The molecule has 2 aromatic rings. The molecular weight excluding hydrogens is 392 g/mol. The predicted octanol–water partition coefficient (Wildman–Crippen LogP) is 2.59. The van der Waals surface area contributed by atoms with Crippen LogP contribution in [0.1, 0.15) is 43.7 Å². The molecule has 3 N–H and O–H groups in total. The summed E-state index contributed by atoms with van der Waals surface area (Å²) in [6.07, 6.45) is 4.73. The number of benzene rings is 2. The molecule has 6 heteroatoms. The predicted molar refractivity (Wildman–Crippen MR) is 120 cm³/mol. The number of piperidine rings is 1. The Bertz CT molecular complexity index is 901. The highest BCUT2D eigenvalue weighted by molar-refractivity contribution is 5.91. The SMILES string of the molecule is COc1ccc(NC(=O)C[NH+]2CC[C@]3(O)CCCC[C@@H]3[C@@H]2c2ccccc2OC)cc1. The minimum absolute atomic E-state index is 0.0248. The molecule has 0 bridgehead atoms. The zero-order valence-electron chi connectivity index (χ0n) is 18.4. The molecule has 2 aliphatic rings. The van der Waals surface area contributed by atoms with Crippen LogP contribution in [0.15, 0.2) is 48.5 Å². The summed E-state index contributed by atoms with van der Waals surface area (Å²) in [4.78, 5) is 14.1. The summed E-state index contributed by atoms with van der Waals surface area (Å²) in [7, 11) is 3.31. The van der Waals surface area contributed by atoms with E-state index in [1.807, 2.05) is 42.5 Å². The van der Waals surface area contributed by atoms with E-state index in [1.54, 1.807) is 14.2 Å². The zero-order valence-corrected chi connectivity index (χ0v) is 18.4. The van der Waals surface area contributed by atoms with Crippen molar-refractivity contribution < 1.29 is 24.3 Å². The van der Waals surface area contributed by atoms with Crippen LogP contribution in [0.4, 0.5) is 5.69 Å². The van der Waals surface area contributed by atoms with Crippen molar-refractivity contribution in [2.45, 2.75) is 43.7 Å². The highest BCUT2D eigenvalue weighted by Gasteiger charge is 2.52. The second-order valence-electron chi connectivity index (χ2n) is 8.79. The van der Waals surface area contributed by atoms with E-state index in [0.29, 0.717) is 6.54 Å². The number of anilines is 1. The van der Waals surface area contributed by atoms with Crippen molar-refractivity contribution >= 4 is 11.6 Å². The van der Waals surface area contributed by atoms with E-state index in [4.69, 9.17) is 9.47 Å². The minimum atomic E-state index is -0.653. The van der Waals surface area contributed by atoms with Gasteiger partial charge in [0.05, 0.1) is 31.9 Å². The zero-order chi connectivity index (χ0) is 21.8. The molecule has 1 heterocycles. The van der Waals surface area contributed by atoms with E-state index in [9.17, 15) is 9.90 Å². The molecule has 1 aliphatic carbocycles. The topological polar surface area (TPSA) is 72.2 Å². The third-order valence-electron chi connectivity index (χ3n) is 7.02. The Labute approximate surface area is 184 Å². The van der Waals surface area contributed by atoms with Gasteiger partial charge in [-0.15, -0.1) is 0 Å². The summed E-state index contributed by atoms with van der Waals surface area (Å²) in [5, 5.41) is 14.5. The molecule has 1 aliphatic heterocycles. The number of hydrogen-bond acceptors (Lipinski definition) is 4. The van der Waals surface area contributed by atoms with Gasteiger partial charge >= 0.3 is 0 Å². The van der Waals surface area contributed by atoms with Gasteiger partial charge in [-0.3, -0.25) is 4.79 Å². The summed E-state index contributed by atoms with van der Waals surface area (Å²) in [6.45, 7) is 1.10. The van der Waals surface area contributed by atoms with Crippen LogP contribution in [0, 0.1) is 5.92 Å². The van der Waals surface area contributed by atoms with Crippen LogP contribution in [-0.2, 0) is 4.79 Å². The van der Waals surface area contributed by atoms with Gasteiger partial charge in [-0.05, 0) is 49.2 Å². The molecule has 4 atom stereocenters. The van der Waals surface area contributed by atoms with Crippen molar-refractivity contribution in [1.82, 2.24) is 0 Å². The number of para-hydroxylation sites is 1. The lowest BCUT2D eigenvalue weighted by Gasteiger charge is -2.50. The van der Waals surface area contributed by atoms with E-state index in [2.05, 4.69) is 11.4 Å². The molecule has 166 valence electrons. The van der Waals surface area contributed by atoms with Gasteiger partial charge < -0.3 is 24.8 Å². The van der Waals surface area contributed by atoms with E-state index in [-0.39, 0.29) is 17.9 Å². The summed E-state index contributed by atoms with van der Waals surface area (Å²) >= 11 is 0. The number of ether oxygens (including phenoxy) is 2. The fourth-order valence-electron chi connectivity index (χ4n) is 5.50. The lowest BCUT2D eigenvalue weighted by Crippen LogP contribution is -3.16. The Morgan fingerprint density at radius 1 is 1.10 bits per heavy atom. The highest BCUT2D eigenvalue weighted by atomic mass is 16.5. The Morgan fingerprint density at radius 2 is 1.87 bits per heavy atom. The lowest BCUT2D eigenvalue weighted by molar-refractivity contribution is -0.937. The van der Waals surface area contributed by atoms with E-state index >= 15 is 0 Å². The molecule has 1 unspecified atom stereocenters. The Morgan fingerprint density at radius 3 is 2.61 bits per heavy atom. The van der Waals surface area contributed by atoms with Crippen LogP contribution < -0.4 is 19.7 Å². The highest BCUT2D eigenvalue weighted by Crippen LogP contribution is 2.45. The lowest BCUT2D eigenvalue weighted by atomic mass is 9.66. The van der Waals surface area contributed by atoms with Gasteiger partial charge in [-0.25, -0.2) is 0 Å². The van der Waals surface area contributed by atoms with Gasteiger partial charge in [0.15, 0.2) is 6.54 Å². The van der Waals surface area contributed by atoms with Crippen molar-refractivity contribution in [1.29, 1.82) is 0 Å². The van der Waals surface area contributed by atoms with Gasteiger partial charge in [-0.2, -0.15) is 0 Å². The molecule has 1 saturated heterocycles. The van der Waals surface area contributed by atoms with Crippen LogP contribution in [0.5, 0.6) is 11.5 Å². The molecule has 0 spiro atoms. The van der Waals surface area contributed by atoms with Gasteiger partial charge in [0.1, 0.15) is 17.5 Å². The largest absolute Gasteiger partial charge is 0.497 e. The van der Waals surface area contributed by atoms with E-state index in [0.717, 1.165) is 61.4 Å². The van der Waals surface area contributed by atoms with Crippen molar-refractivity contribution in [3.8, 4) is 11.5 Å². The minimum Gasteiger partial charge on any atom is -0.497 e. The fraction of sp³-hybridized carbons (Fsp3) is 0.480. The standard InChI is InChI=1S/C25H32N2O4/c1-30-19-12-10-18(11-13-19)26-23(28)17-27-16-15-25(29)14-6-5-8-21(25)24(27)20-7-3-4-9-22(20)31-2/h3-4,7,9-13,21,24,29H,5-6,8,14-17H2,1-2H3,(H,26,28)/p+1/t21-,24+,25-/m1/s1. The second kappa shape index (κ2) is 9.28. The molecule has 0 radical (unpaired) electrons. The third kappa shape index (κ3) is 4.55. The number of nitrogens with one attached hydrogen (secondary N) is 2. The van der Waals surface area contributed by atoms with E-state index in [1.165, 1.54) is 4.90 Å². The normalized spacial score (nSPS) is 27.8. The Balaban J connectivity index is 1.57. The Kier molecular flexibility index (Phi) is 6.49. The summed E-state index contributed by atoms with van der Waals surface area (Å²) < 4.78 is 10.9. The van der Waals surface area contributed by atoms with Crippen LogP contribution in [0.2, 0.25) is 0 Å². The Hall–Kier alpha value is -2.57. The average Bonchev–Trinajstić information content (AvgIpc) is 2.79. The molecular formula is C25H33N2O4+. The van der Waals surface area contributed by atoms with E-state index < -0.39 is 5.60 Å². The van der Waals surface area contributed by atoms with Crippen LogP contribution in [-0.4, -0.2) is 43.9 Å². The number of rotatable bonds is 6. The van der Waals surface area contributed by atoms with Crippen LogP contribution in [0.3, 0.4) is 0 Å². The van der Waals surface area contributed by atoms with Gasteiger partial charge in [0.25, 0.3) is 5.91 Å². The molecule has 31 heavy (non-hydrogen) atoms. The van der Waals surface area contributed by atoms with Gasteiger partial charge in [0, 0.05) is 18.0 Å². The van der Waals surface area contributed by atoms with Crippen molar-refractivity contribution in [3.63, 3.8) is 0 Å². The number of carbonyl (C=O) groups is 1. The van der Waals surface area contributed by atoms with Crippen molar-refractivity contribution in [3.05, 3.63) is 54.1 Å². The number of aliphatic hydroxyl groups is 1. The summed E-state index contributed by atoms with van der Waals surface area (Å²) in [5.74, 6) is 1.68. The number of likely N-dealkylation sites (tertiary alicyclic amines) is 1. The smallest absolute Gasteiger partial charge is 0.279 e. The van der Waals surface area contributed by atoms with Gasteiger partial charge in [-0.1, -0.05) is 25.0 Å². The summed E-state index contributed by atoms with van der Waals surface area (Å²) in [5.41, 5.74) is 1.19. The monoisotopic (exact) mass is 425 g/mol. The van der Waals surface area contributed by atoms with Crippen LogP contribution in [0.25, 0.3) is 0 Å². The first-order valence-corrected chi connectivity index (χ1v) is 11.2. The van der Waals surface area contributed by atoms with Gasteiger partial charge in [0.2, 0.25) is 0 Å². The first-order valence-electron chi connectivity index (χ1n) is 11.2. The molecule has 1 saturated carbocycles. The van der Waals surface area contributed by atoms with Crippen LogP contribution >= 0.6 is 0 Å². The maximum absolute atomic E-state index is 12.9. The number of fused-ring (bicyclic) bond motifs is 1. The number of amides is 1. The number of methoxy groups -OCH3 is 2. The number of quaternary nitrogens is 1. The average molecular weight is 426 g/mol. The van der Waals surface area contributed by atoms with Crippen molar-refractivity contribution in [2.24, 2.45) is 5.92 Å².